The molecule has 2 aromatic rings. The number of carbonyl (C=O) groups excluding carboxylic acids is 1. The third kappa shape index (κ3) is 5.41. The summed E-state index contributed by atoms with van der Waals surface area (Å²) in [5.74, 6) is -2.63. The third-order valence-electron chi connectivity index (χ3n) is 3.94. The molecular formula is C17H18ClFN4O6. The van der Waals surface area contributed by atoms with Gasteiger partial charge in [0.05, 0.1) is 11.6 Å². The SMILES string of the molecule is CC(C)(C(=O)O)C(=O)NCCOc1nonc1C(Cc1ccc(F)c(Cl)c1)=NO. The highest BCUT2D eigenvalue weighted by molar-refractivity contribution is 6.30. The van der Waals surface area contributed by atoms with Gasteiger partial charge in [-0.1, -0.05) is 22.8 Å². The Bertz CT molecular complexity index is 930. The van der Waals surface area contributed by atoms with Crippen LogP contribution in [0.15, 0.2) is 28.0 Å². The first kappa shape index (κ1) is 22.1. The van der Waals surface area contributed by atoms with Crippen LogP contribution in [0.4, 0.5) is 4.39 Å². The second-order valence-electron chi connectivity index (χ2n) is 6.42. The van der Waals surface area contributed by atoms with Crippen LogP contribution < -0.4 is 10.1 Å². The van der Waals surface area contributed by atoms with E-state index in [1.807, 2.05) is 0 Å². The second-order valence-corrected chi connectivity index (χ2v) is 6.83. The van der Waals surface area contributed by atoms with Gasteiger partial charge in [-0.05, 0) is 41.9 Å². The maximum absolute atomic E-state index is 13.3. The average Bonchev–Trinajstić information content (AvgIpc) is 3.14. The molecule has 0 radical (unpaired) electrons. The molecule has 3 N–H and O–H groups in total. The number of aromatic nitrogens is 2. The first-order chi connectivity index (χ1) is 13.7. The molecule has 2 rings (SSSR count). The molecule has 0 bridgehead atoms. The fourth-order valence-electron chi connectivity index (χ4n) is 2.09. The molecule has 29 heavy (non-hydrogen) atoms. The third-order valence-corrected chi connectivity index (χ3v) is 4.23. The number of hydrogen-bond acceptors (Lipinski definition) is 8. The van der Waals surface area contributed by atoms with Crippen LogP contribution in [-0.4, -0.2) is 51.4 Å². The lowest BCUT2D eigenvalue weighted by molar-refractivity contribution is -0.153. The predicted molar refractivity (Wildman–Crippen MR) is 97.7 cm³/mol. The Morgan fingerprint density at radius 2 is 2.10 bits per heavy atom. The summed E-state index contributed by atoms with van der Waals surface area (Å²) in [6.45, 7) is 2.46. The molecule has 10 nitrogen and oxygen atoms in total. The molecule has 0 saturated carbocycles. The van der Waals surface area contributed by atoms with Crippen LogP contribution in [0.2, 0.25) is 5.02 Å². The highest BCUT2D eigenvalue weighted by Crippen LogP contribution is 2.20. The Morgan fingerprint density at radius 3 is 2.72 bits per heavy atom. The lowest BCUT2D eigenvalue weighted by Gasteiger charge is -2.18. The molecule has 0 saturated heterocycles. The molecule has 156 valence electrons. The molecule has 0 fully saturated rings. The number of rotatable bonds is 9. The number of ether oxygens (including phenoxy) is 1. The number of carbonyl (C=O) groups is 2. The lowest BCUT2D eigenvalue weighted by atomic mass is 9.93. The number of nitrogens with zero attached hydrogens (tertiary/aromatic N) is 3. The quantitative estimate of drug-likeness (QED) is 0.180. The summed E-state index contributed by atoms with van der Waals surface area (Å²) in [6.07, 6.45) is 0.0324. The maximum atomic E-state index is 13.3. The van der Waals surface area contributed by atoms with E-state index in [1.165, 1.54) is 32.0 Å². The van der Waals surface area contributed by atoms with E-state index in [1.54, 1.807) is 0 Å². The highest BCUT2D eigenvalue weighted by atomic mass is 35.5. The summed E-state index contributed by atoms with van der Waals surface area (Å²) >= 11 is 5.74. The molecule has 0 spiro atoms. The summed E-state index contributed by atoms with van der Waals surface area (Å²) in [4.78, 5) is 22.9. The first-order valence-electron chi connectivity index (χ1n) is 8.29. The van der Waals surface area contributed by atoms with Crippen LogP contribution in [-0.2, 0) is 16.0 Å². The molecule has 0 atom stereocenters. The summed E-state index contributed by atoms with van der Waals surface area (Å²) < 4.78 is 23.2. The maximum Gasteiger partial charge on any atom is 0.318 e. The average molecular weight is 429 g/mol. The molecule has 1 aromatic heterocycles. The summed E-state index contributed by atoms with van der Waals surface area (Å²) in [7, 11) is 0. The van der Waals surface area contributed by atoms with Crippen molar-refractivity contribution in [3.8, 4) is 5.88 Å². The van der Waals surface area contributed by atoms with Crippen molar-refractivity contribution in [2.45, 2.75) is 20.3 Å². The molecule has 0 aliphatic carbocycles. The minimum absolute atomic E-state index is 0.00476. The number of aliphatic carboxylic acids is 1. The molecule has 12 heteroatoms. The number of nitrogens with one attached hydrogen (secondary N) is 1. The first-order valence-corrected chi connectivity index (χ1v) is 8.67. The van der Waals surface area contributed by atoms with Gasteiger partial charge in [0, 0.05) is 6.42 Å². The van der Waals surface area contributed by atoms with Crippen LogP contribution in [0.1, 0.15) is 25.1 Å². The van der Waals surface area contributed by atoms with Gasteiger partial charge in [0.1, 0.15) is 23.6 Å². The van der Waals surface area contributed by atoms with Crippen molar-refractivity contribution in [1.29, 1.82) is 0 Å². The predicted octanol–water partition coefficient (Wildman–Crippen LogP) is 1.89. The van der Waals surface area contributed by atoms with E-state index in [9.17, 15) is 19.2 Å². The Labute approximate surface area is 169 Å². The van der Waals surface area contributed by atoms with Crippen molar-refractivity contribution in [3.63, 3.8) is 0 Å². The Balaban J connectivity index is 1.98. The number of benzene rings is 1. The number of carboxylic acid groups (broad SMARTS) is 1. The zero-order chi connectivity index (χ0) is 21.6. The van der Waals surface area contributed by atoms with Gasteiger partial charge in [-0.25, -0.2) is 9.02 Å². The Kier molecular flexibility index (Phi) is 7.10. The van der Waals surface area contributed by atoms with Crippen molar-refractivity contribution in [1.82, 2.24) is 15.6 Å². The van der Waals surface area contributed by atoms with Gasteiger partial charge in [-0.3, -0.25) is 9.59 Å². The number of carboxylic acids is 1. The Hall–Kier alpha value is -3.21. The van der Waals surface area contributed by atoms with Crippen LogP contribution in [0.3, 0.4) is 0 Å². The van der Waals surface area contributed by atoms with E-state index in [0.29, 0.717) is 5.56 Å². The molecule has 1 aromatic carbocycles. The summed E-state index contributed by atoms with van der Waals surface area (Å²) in [6, 6.07) is 4.00. The normalized spacial score (nSPS) is 11.9. The van der Waals surface area contributed by atoms with Crippen LogP contribution in [0, 0.1) is 11.2 Å². The lowest BCUT2D eigenvalue weighted by Crippen LogP contribution is -2.43. The van der Waals surface area contributed by atoms with Gasteiger partial charge >= 0.3 is 5.97 Å². The van der Waals surface area contributed by atoms with Crippen molar-refractivity contribution < 1.29 is 33.7 Å². The van der Waals surface area contributed by atoms with E-state index >= 15 is 0 Å². The fraction of sp³-hybridized carbons (Fsp3) is 0.353. The summed E-state index contributed by atoms with van der Waals surface area (Å²) in [5.41, 5.74) is -1.01. The molecule has 0 aliphatic heterocycles. The van der Waals surface area contributed by atoms with Crippen LogP contribution in [0.5, 0.6) is 5.88 Å². The fourth-order valence-corrected chi connectivity index (χ4v) is 2.29. The van der Waals surface area contributed by atoms with E-state index in [2.05, 4.69) is 25.4 Å². The van der Waals surface area contributed by atoms with E-state index in [4.69, 9.17) is 21.4 Å². The van der Waals surface area contributed by atoms with Gasteiger partial charge in [0.2, 0.25) is 5.91 Å². The monoisotopic (exact) mass is 428 g/mol. The van der Waals surface area contributed by atoms with Gasteiger partial charge in [-0.15, -0.1) is 0 Å². The molecule has 1 amide bonds. The molecule has 1 heterocycles. The number of oxime groups is 1. The minimum atomic E-state index is -1.59. The van der Waals surface area contributed by atoms with Crippen molar-refractivity contribution in [2.75, 3.05) is 13.2 Å². The van der Waals surface area contributed by atoms with Gasteiger partial charge in [0.15, 0.2) is 5.69 Å². The highest BCUT2D eigenvalue weighted by Gasteiger charge is 2.35. The topological polar surface area (TPSA) is 147 Å². The number of hydrogen-bond donors (Lipinski definition) is 3. The second kappa shape index (κ2) is 9.32. The van der Waals surface area contributed by atoms with E-state index < -0.39 is 23.1 Å². The molecule has 0 aliphatic rings. The smallest absolute Gasteiger partial charge is 0.318 e. The number of amides is 1. The summed E-state index contributed by atoms with van der Waals surface area (Å²) in [5, 5.41) is 31.0. The van der Waals surface area contributed by atoms with Crippen molar-refractivity contribution >= 4 is 29.2 Å². The molecular weight excluding hydrogens is 411 g/mol. The largest absolute Gasteiger partial charge is 0.480 e. The Morgan fingerprint density at radius 1 is 1.38 bits per heavy atom. The zero-order valence-electron chi connectivity index (χ0n) is 15.5. The standard InChI is InChI=1S/C17H18ClFN4O6/c1-17(2,16(25)26)15(24)20-5-6-28-14-13(22-29-23-14)12(21-27)8-9-3-4-11(19)10(18)7-9/h3-4,7,27H,5-6,8H2,1-2H3,(H,20,24)(H,25,26). The zero-order valence-corrected chi connectivity index (χ0v) is 16.2. The van der Waals surface area contributed by atoms with E-state index in [0.717, 1.165) is 0 Å². The van der Waals surface area contributed by atoms with Gasteiger partial charge in [0.25, 0.3) is 5.88 Å². The van der Waals surface area contributed by atoms with Crippen molar-refractivity contribution in [3.05, 3.63) is 40.3 Å². The van der Waals surface area contributed by atoms with Gasteiger partial charge < -0.3 is 20.4 Å². The van der Waals surface area contributed by atoms with Crippen LogP contribution in [0.25, 0.3) is 0 Å². The van der Waals surface area contributed by atoms with Crippen molar-refractivity contribution in [2.24, 2.45) is 10.6 Å². The number of halogens is 2. The van der Waals surface area contributed by atoms with Crippen LogP contribution >= 0.6 is 11.6 Å². The molecule has 0 unspecified atom stereocenters. The van der Waals surface area contributed by atoms with Gasteiger partial charge in [-0.2, -0.15) is 0 Å². The van der Waals surface area contributed by atoms with E-state index in [-0.39, 0.29) is 41.9 Å². The minimum Gasteiger partial charge on any atom is -0.480 e.